The number of hydrogen-bond donors (Lipinski definition) is 1. The molecule has 0 saturated heterocycles. The zero-order valence-electron chi connectivity index (χ0n) is 20.7. The van der Waals surface area contributed by atoms with Crippen LogP contribution in [0.4, 0.5) is 11.4 Å². The second-order valence-electron chi connectivity index (χ2n) is 8.88. The third kappa shape index (κ3) is 4.14. The van der Waals surface area contributed by atoms with Gasteiger partial charge in [-0.05, 0) is 54.6 Å². The number of hydrogen-bond acceptors (Lipinski definition) is 6. The van der Waals surface area contributed by atoms with Crippen LogP contribution in [0.5, 0.6) is 5.75 Å². The number of aromatic nitrogens is 1. The number of carbonyl (C=O) groups excluding carboxylic acids is 1. The van der Waals surface area contributed by atoms with Gasteiger partial charge >= 0.3 is 0 Å². The zero-order valence-corrected chi connectivity index (χ0v) is 22.3. The number of benzene rings is 3. The van der Waals surface area contributed by atoms with E-state index in [4.69, 9.17) is 9.72 Å². The van der Waals surface area contributed by atoms with Crippen molar-refractivity contribution in [3.63, 3.8) is 0 Å². The van der Waals surface area contributed by atoms with Crippen molar-refractivity contribution >= 4 is 50.6 Å². The summed E-state index contributed by atoms with van der Waals surface area (Å²) in [5.74, 6) is 0.724. The highest BCUT2D eigenvalue weighted by Crippen LogP contribution is 2.46. The molecule has 6 rings (SSSR count). The average Bonchev–Trinajstić information content (AvgIpc) is 3.32. The van der Waals surface area contributed by atoms with Crippen LogP contribution in [-0.4, -0.2) is 29.8 Å². The highest BCUT2D eigenvalue weighted by molar-refractivity contribution is 7.99. The molecule has 2 aromatic heterocycles. The van der Waals surface area contributed by atoms with Gasteiger partial charge in [0.05, 0.1) is 18.5 Å². The molecule has 0 saturated carbocycles. The number of methoxy groups -OCH3 is 1. The molecule has 184 valence electrons. The van der Waals surface area contributed by atoms with Crippen molar-refractivity contribution in [2.75, 3.05) is 23.6 Å². The van der Waals surface area contributed by atoms with Crippen LogP contribution in [-0.2, 0) is 0 Å². The fourth-order valence-corrected chi connectivity index (χ4v) is 6.43. The SMILES string of the molecule is COc1ccc(N2C(=O)c3sc4nc(-c5ccc(C)cc5)cc(-c5ccccc5)c4c3NC2SC)cc1. The molecule has 7 heteroatoms. The van der Waals surface area contributed by atoms with Crippen molar-refractivity contribution in [1.82, 2.24) is 4.98 Å². The van der Waals surface area contributed by atoms with E-state index in [0.717, 1.165) is 49.7 Å². The van der Waals surface area contributed by atoms with Crippen molar-refractivity contribution in [1.29, 1.82) is 0 Å². The van der Waals surface area contributed by atoms with Gasteiger partial charge < -0.3 is 10.1 Å². The Hall–Kier alpha value is -3.81. The number of pyridine rings is 1. The molecule has 1 unspecified atom stereocenters. The molecular formula is C30H25N3O2S2. The van der Waals surface area contributed by atoms with Crippen LogP contribution >= 0.6 is 23.1 Å². The van der Waals surface area contributed by atoms with Gasteiger partial charge in [-0.2, -0.15) is 0 Å². The highest BCUT2D eigenvalue weighted by atomic mass is 32.2. The van der Waals surface area contributed by atoms with E-state index in [1.807, 2.05) is 53.6 Å². The number of fused-ring (bicyclic) bond motifs is 3. The predicted molar refractivity (Wildman–Crippen MR) is 156 cm³/mol. The van der Waals surface area contributed by atoms with E-state index in [1.54, 1.807) is 18.9 Å². The molecule has 1 aliphatic rings. The first-order chi connectivity index (χ1) is 18.1. The number of rotatable bonds is 5. The van der Waals surface area contributed by atoms with Crippen LogP contribution < -0.4 is 15.0 Å². The standard InChI is InChI=1S/C30H25N3O2S2/c1-18-9-11-20(12-10-18)24-17-23(19-7-5-4-6-8-19)25-26-27(37-28(25)31-24)29(34)33(30(32-26)36-3)21-13-15-22(35-2)16-14-21/h4-17,30,32H,1-3H3. The number of ether oxygens (including phenoxy) is 1. The van der Waals surface area contributed by atoms with Gasteiger partial charge in [0.15, 0.2) is 5.50 Å². The fourth-order valence-electron chi connectivity index (χ4n) is 4.67. The Bertz CT molecular complexity index is 1600. The number of anilines is 2. The summed E-state index contributed by atoms with van der Waals surface area (Å²) in [4.78, 5) is 22.4. The maximum absolute atomic E-state index is 14.0. The quantitative estimate of drug-likeness (QED) is 0.256. The lowest BCUT2D eigenvalue weighted by Gasteiger charge is -2.35. The van der Waals surface area contributed by atoms with Crippen molar-refractivity contribution in [2.24, 2.45) is 0 Å². The summed E-state index contributed by atoms with van der Waals surface area (Å²) < 4.78 is 5.31. The number of nitrogens with one attached hydrogen (secondary N) is 1. The molecule has 37 heavy (non-hydrogen) atoms. The van der Waals surface area contributed by atoms with Crippen molar-refractivity contribution < 1.29 is 9.53 Å². The van der Waals surface area contributed by atoms with E-state index in [1.165, 1.54) is 16.9 Å². The van der Waals surface area contributed by atoms with E-state index in [2.05, 4.69) is 54.7 Å². The number of nitrogens with zero attached hydrogens (tertiary/aromatic N) is 2. The third-order valence-corrected chi connectivity index (χ3v) is 8.43. The maximum Gasteiger partial charge on any atom is 0.272 e. The van der Waals surface area contributed by atoms with Crippen molar-refractivity contribution in [3.8, 4) is 28.1 Å². The minimum atomic E-state index is -0.258. The van der Waals surface area contributed by atoms with E-state index in [0.29, 0.717) is 4.88 Å². The van der Waals surface area contributed by atoms with Crippen LogP contribution in [0.3, 0.4) is 0 Å². The molecule has 0 radical (unpaired) electrons. The van der Waals surface area contributed by atoms with Gasteiger partial charge in [0, 0.05) is 16.6 Å². The first kappa shape index (κ1) is 23.6. The van der Waals surface area contributed by atoms with Crippen LogP contribution in [0.25, 0.3) is 32.6 Å². The van der Waals surface area contributed by atoms with Gasteiger partial charge in [-0.3, -0.25) is 9.69 Å². The predicted octanol–water partition coefficient (Wildman–Crippen LogP) is 7.67. The van der Waals surface area contributed by atoms with Crippen molar-refractivity contribution in [3.05, 3.63) is 95.4 Å². The Kier molecular flexibility index (Phi) is 6.10. The molecule has 1 aliphatic heterocycles. The van der Waals surface area contributed by atoms with Crippen molar-refractivity contribution in [2.45, 2.75) is 12.4 Å². The summed E-state index contributed by atoms with van der Waals surface area (Å²) >= 11 is 3.04. The summed E-state index contributed by atoms with van der Waals surface area (Å²) in [5.41, 5.74) is 6.73. The van der Waals surface area contributed by atoms with E-state index < -0.39 is 0 Å². The number of aryl methyl sites for hydroxylation is 1. The Labute approximate surface area is 224 Å². The summed E-state index contributed by atoms with van der Waals surface area (Å²) in [5, 5.41) is 4.65. The summed E-state index contributed by atoms with van der Waals surface area (Å²) in [6, 6.07) is 28.5. The van der Waals surface area contributed by atoms with Gasteiger partial charge in [0.25, 0.3) is 5.91 Å². The molecule has 3 heterocycles. The largest absolute Gasteiger partial charge is 0.497 e. The Morgan fingerprint density at radius 2 is 1.70 bits per heavy atom. The molecular weight excluding hydrogens is 498 g/mol. The minimum absolute atomic E-state index is 0.0304. The lowest BCUT2D eigenvalue weighted by Crippen LogP contribution is -2.46. The third-order valence-electron chi connectivity index (χ3n) is 6.58. The lowest BCUT2D eigenvalue weighted by molar-refractivity contribution is 0.0987. The number of amides is 1. The van der Waals surface area contributed by atoms with Gasteiger partial charge in [-0.25, -0.2) is 4.98 Å². The molecule has 1 amide bonds. The van der Waals surface area contributed by atoms with E-state index in [9.17, 15) is 4.79 Å². The molecule has 1 N–H and O–H groups in total. The Morgan fingerprint density at radius 1 is 0.973 bits per heavy atom. The molecule has 0 bridgehead atoms. The maximum atomic E-state index is 14.0. The second-order valence-corrected chi connectivity index (χ2v) is 10.8. The molecule has 0 spiro atoms. The molecule has 3 aromatic carbocycles. The molecule has 5 nitrogen and oxygen atoms in total. The van der Waals surface area contributed by atoms with E-state index >= 15 is 0 Å². The topological polar surface area (TPSA) is 54.5 Å². The second kappa shape index (κ2) is 9.57. The highest BCUT2D eigenvalue weighted by Gasteiger charge is 2.36. The average molecular weight is 524 g/mol. The summed E-state index contributed by atoms with van der Waals surface area (Å²) in [6.45, 7) is 2.08. The van der Waals surface area contributed by atoms with Crippen LogP contribution in [0.1, 0.15) is 15.2 Å². The number of carbonyl (C=O) groups is 1. The molecule has 0 fully saturated rings. The molecule has 5 aromatic rings. The van der Waals surface area contributed by atoms with Crippen LogP contribution in [0.2, 0.25) is 0 Å². The Balaban J connectivity index is 1.55. The zero-order chi connectivity index (χ0) is 25.5. The monoisotopic (exact) mass is 523 g/mol. The normalized spacial score (nSPS) is 14.9. The minimum Gasteiger partial charge on any atom is -0.497 e. The number of thioether (sulfide) groups is 1. The van der Waals surface area contributed by atoms with Crippen LogP contribution in [0.15, 0.2) is 84.9 Å². The smallest absolute Gasteiger partial charge is 0.272 e. The van der Waals surface area contributed by atoms with E-state index in [-0.39, 0.29) is 11.4 Å². The lowest BCUT2D eigenvalue weighted by atomic mass is 9.99. The Morgan fingerprint density at radius 3 is 2.38 bits per heavy atom. The van der Waals surface area contributed by atoms with Crippen LogP contribution in [0, 0.1) is 6.92 Å². The van der Waals surface area contributed by atoms with Gasteiger partial charge in [0.2, 0.25) is 0 Å². The number of thiophene rings is 1. The first-order valence-corrected chi connectivity index (χ1v) is 14.0. The molecule has 1 atom stereocenters. The van der Waals surface area contributed by atoms with Gasteiger partial charge in [-0.1, -0.05) is 60.2 Å². The fraction of sp³-hybridized carbons (Fsp3) is 0.133. The van der Waals surface area contributed by atoms with Gasteiger partial charge in [0.1, 0.15) is 15.5 Å². The molecule has 0 aliphatic carbocycles. The summed E-state index contributed by atoms with van der Waals surface area (Å²) in [6.07, 6.45) is 2.01. The van der Waals surface area contributed by atoms with Gasteiger partial charge in [-0.15, -0.1) is 23.1 Å². The first-order valence-electron chi connectivity index (χ1n) is 11.9. The summed E-state index contributed by atoms with van der Waals surface area (Å²) in [7, 11) is 1.64.